The Morgan fingerprint density at radius 1 is 1.20 bits per heavy atom. The van der Waals surface area contributed by atoms with Gasteiger partial charge in [0.05, 0.1) is 5.76 Å². The van der Waals surface area contributed by atoms with Gasteiger partial charge in [0.1, 0.15) is 0 Å². The average molecular weight is 145 g/mol. The van der Waals surface area contributed by atoms with E-state index in [1.54, 1.807) is 13.8 Å². The van der Waals surface area contributed by atoms with E-state index in [0.717, 1.165) is 0 Å². The smallest absolute Gasteiger partial charge is 0.0820 e. The van der Waals surface area contributed by atoms with Crippen molar-refractivity contribution in [3.63, 3.8) is 0 Å². The van der Waals surface area contributed by atoms with Crippen LogP contribution < -0.4 is 0 Å². The van der Waals surface area contributed by atoms with E-state index in [2.05, 4.69) is 6.58 Å². The number of aliphatic hydroxyl groups is 1. The topological polar surface area (TPSA) is 44.1 Å². The second-order valence-electron chi connectivity index (χ2n) is 1.74. The van der Waals surface area contributed by atoms with Crippen LogP contribution in [-0.2, 0) is 0 Å². The summed E-state index contributed by atoms with van der Waals surface area (Å²) in [4.78, 5) is 0. The lowest BCUT2D eigenvalue weighted by atomic mass is 10.5. The molecule has 62 valence electrons. The average Bonchev–Trinajstić information content (AvgIpc) is 1.66. The highest BCUT2D eigenvalue weighted by Crippen LogP contribution is 1.66. The first-order chi connectivity index (χ1) is 4.46. The lowest BCUT2D eigenvalue weighted by Gasteiger charge is -1.68. The summed E-state index contributed by atoms with van der Waals surface area (Å²) in [6, 6.07) is 0. The molecule has 0 aromatic carbocycles. The minimum atomic E-state index is 0.167. The van der Waals surface area contributed by atoms with Crippen molar-refractivity contribution >= 4 is 5.71 Å². The molecule has 0 bridgehead atoms. The van der Waals surface area contributed by atoms with E-state index in [1.807, 2.05) is 13.8 Å². The summed E-state index contributed by atoms with van der Waals surface area (Å²) in [5.41, 5.74) is 0.667. The fraction of sp³-hybridized carbons (Fsp3) is 0.625. The lowest BCUT2D eigenvalue weighted by molar-refractivity contribution is 0.417. The molecule has 2 heteroatoms. The molecule has 0 aliphatic heterocycles. The second kappa shape index (κ2) is 15.7. The van der Waals surface area contributed by atoms with Gasteiger partial charge in [0, 0.05) is 5.71 Å². The first-order valence-electron chi connectivity index (χ1n) is 3.33. The summed E-state index contributed by atoms with van der Waals surface area (Å²) in [5.74, 6) is 0.167. The molecule has 0 heterocycles. The highest BCUT2D eigenvalue weighted by Gasteiger charge is 1.55. The predicted octanol–water partition coefficient (Wildman–Crippen LogP) is 3.15. The van der Waals surface area contributed by atoms with E-state index in [0.29, 0.717) is 5.71 Å². The third-order valence-electron chi connectivity index (χ3n) is 0. The molecule has 0 saturated heterocycles. The van der Waals surface area contributed by atoms with Crippen molar-refractivity contribution in [1.82, 2.24) is 0 Å². The molecule has 0 amide bonds. The Morgan fingerprint density at radius 2 is 1.20 bits per heavy atom. The zero-order valence-electron chi connectivity index (χ0n) is 7.65. The van der Waals surface area contributed by atoms with Crippen LogP contribution in [0.5, 0.6) is 0 Å². The van der Waals surface area contributed by atoms with Crippen LogP contribution in [0.4, 0.5) is 0 Å². The van der Waals surface area contributed by atoms with E-state index in [4.69, 9.17) is 10.5 Å². The van der Waals surface area contributed by atoms with Gasteiger partial charge in [0.2, 0.25) is 0 Å². The number of rotatable bonds is 0. The summed E-state index contributed by atoms with van der Waals surface area (Å²) in [6.45, 7) is 12.1. The molecule has 0 aliphatic rings. The molecule has 0 rings (SSSR count). The van der Waals surface area contributed by atoms with Gasteiger partial charge in [-0.05, 0) is 20.8 Å². The zero-order valence-corrected chi connectivity index (χ0v) is 7.65. The Labute approximate surface area is 64.1 Å². The Kier molecular flexibility index (Phi) is 25.3. The van der Waals surface area contributed by atoms with Crippen LogP contribution in [0.25, 0.3) is 0 Å². The summed E-state index contributed by atoms with van der Waals surface area (Å²) < 4.78 is 0. The van der Waals surface area contributed by atoms with Crippen molar-refractivity contribution < 1.29 is 5.11 Å². The number of aliphatic hydroxyl groups excluding tert-OH is 1. The Bertz CT molecular complexity index is 67.3. The molecule has 0 aromatic rings. The molecule has 0 saturated carbocycles. The largest absolute Gasteiger partial charge is 0.513 e. The third-order valence-corrected chi connectivity index (χ3v) is 0. The standard InChI is InChI=1S/C3H7N.C3H6O.C2H6/c2*1-3(2)4;1-2/h4H,1-2H3;4H,1H2,2H3;1-2H3. The fourth-order valence-corrected chi connectivity index (χ4v) is 0. The van der Waals surface area contributed by atoms with Gasteiger partial charge in [-0.3, -0.25) is 0 Å². The second-order valence-corrected chi connectivity index (χ2v) is 1.74. The maximum Gasteiger partial charge on any atom is 0.0820 e. The molecule has 0 aliphatic carbocycles. The van der Waals surface area contributed by atoms with E-state index in [-0.39, 0.29) is 5.76 Å². The number of hydrogen-bond donors (Lipinski definition) is 2. The minimum absolute atomic E-state index is 0.167. The van der Waals surface area contributed by atoms with Crippen LogP contribution in [0.3, 0.4) is 0 Å². The van der Waals surface area contributed by atoms with Crippen molar-refractivity contribution in [3.05, 3.63) is 12.3 Å². The van der Waals surface area contributed by atoms with Gasteiger partial charge < -0.3 is 10.5 Å². The van der Waals surface area contributed by atoms with E-state index in [1.165, 1.54) is 6.92 Å². The first kappa shape index (κ1) is 16.1. The van der Waals surface area contributed by atoms with E-state index in [9.17, 15) is 0 Å². The van der Waals surface area contributed by atoms with Gasteiger partial charge in [-0.1, -0.05) is 20.4 Å². The molecule has 2 N–H and O–H groups in total. The van der Waals surface area contributed by atoms with Gasteiger partial charge in [-0.15, -0.1) is 0 Å². The van der Waals surface area contributed by atoms with E-state index >= 15 is 0 Å². The van der Waals surface area contributed by atoms with Crippen molar-refractivity contribution in [1.29, 1.82) is 5.41 Å². The maximum atomic E-state index is 7.86. The SMILES string of the molecule is C=C(C)O.CC.CC(C)=N. The van der Waals surface area contributed by atoms with Crippen molar-refractivity contribution in [2.45, 2.75) is 34.6 Å². The molecule has 0 radical (unpaired) electrons. The molecule has 0 atom stereocenters. The zero-order chi connectivity index (χ0) is 9.15. The molecule has 10 heavy (non-hydrogen) atoms. The van der Waals surface area contributed by atoms with Crippen LogP contribution in [0.1, 0.15) is 34.6 Å². The summed E-state index contributed by atoms with van der Waals surface area (Å²) in [5, 5.41) is 14.4. The molecule has 0 fully saturated rings. The summed E-state index contributed by atoms with van der Waals surface area (Å²) >= 11 is 0. The Balaban J connectivity index is -0.0000000787. The molecule has 0 unspecified atom stereocenters. The normalized spacial score (nSPS) is 5.70. The van der Waals surface area contributed by atoms with Crippen LogP contribution in [-0.4, -0.2) is 10.8 Å². The van der Waals surface area contributed by atoms with Crippen LogP contribution in [0.15, 0.2) is 12.3 Å². The van der Waals surface area contributed by atoms with Gasteiger partial charge in [-0.25, -0.2) is 0 Å². The predicted molar refractivity (Wildman–Crippen MR) is 47.9 cm³/mol. The van der Waals surface area contributed by atoms with Gasteiger partial charge in [0.25, 0.3) is 0 Å². The molecule has 0 aromatic heterocycles. The van der Waals surface area contributed by atoms with Crippen molar-refractivity contribution in [3.8, 4) is 0 Å². The fourth-order valence-electron chi connectivity index (χ4n) is 0. The van der Waals surface area contributed by atoms with Crippen LogP contribution in [0.2, 0.25) is 0 Å². The number of hydrogen-bond acceptors (Lipinski definition) is 2. The molecule has 2 nitrogen and oxygen atoms in total. The quantitative estimate of drug-likeness (QED) is 0.399. The Hall–Kier alpha value is -0.790. The number of nitrogens with one attached hydrogen (secondary N) is 1. The van der Waals surface area contributed by atoms with Gasteiger partial charge in [-0.2, -0.15) is 0 Å². The molecular formula is C8H19NO. The summed E-state index contributed by atoms with van der Waals surface area (Å²) in [6.07, 6.45) is 0. The number of allylic oxidation sites excluding steroid dienone is 1. The maximum absolute atomic E-state index is 7.86. The highest BCUT2D eigenvalue weighted by molar-refractivity contribution is 5.75. The monoisotopic (exact) mass is 145 g/mol. The van der Waals surface area contributed by atoms with Crippen molar-refractivity contribution in [2.75, 3.05) is 0 Å². The van der Waals surface area contributed by atoms with Gasteiger partial charge >= 0.3 is 0 Å². The third kappa shape index (κ3) is 446. The van der Waals surface area contributed by atoms with Crippen molar-refractivity contribution in [2.24, 2.45) is 0 Å². The first-order valence-corrected chi connectivity index (χ1v) is 3.33. The van der Waals surface area contributed by atoms with Gasteiger partial charge in [0.15, 0.2) is 0 Å². The summed E-state index contributed by atoms with van der Waals surface area (Å²) in [7, 11) is 0. The molecule has 0 spiro atoms. The van der Waals surface area contributed by atoms with Crippen LogP contribution in [0, 0.1) is 5.41 Å². The highest BCUT2D eigenvalue weighted by atomic mass is 16.3. The Morgan fingerprint density at radius 3 is 1.20 bits per heavy atom. The van der Waals surface area contributed by atoms with E-state index < -0.39 is 0 Å². The molecular weight excluding hydrogens is 126 g/mol. The lowest BCUT2D eigenvalue weighted by Crippen LogP contribution is -1.67. The van der Waals surface area contributed by atoms with Crippen LogP contribution >= 0.6 is 0 Å². The minimum Gasteiger partial charge on any atom is -0.513 e.